The highest BCUT2D eigenvalue weighted by Gasteiger charge is 2.27. The van der Waals surface area contributed by atoms with Crippen molar-refractivity contribution in [3.8, 4) is 5.88 Å². The molecule has 0 bridgehead atoms. The van der Waals surface area contributed by atoms with E-state index in [2.05, 4.69) is 10.3 Å². The lowest BCUT2D eigenvalue weighted by Crippen LogP contribution is -2.49. The summed E-state index contributed by atoms with van der Waals surface area (Å²) in [5, 5.41) is 30.3. The summed E-state index contributed by atoms with van der Waals surface area (Å²) in [6.07, 6.45) is 1.53. The van der Waals surface area contributed by atoms with E-state index in [1.807, 2.05) is 0 Å². The molecule has 4 N–H and O–H groups in total. The third kappa shape index (κ3) is 2.82. The summed E-state index contributed by atoms with van der Waals surface area (Å²) in [5.74, 6) is 0.410. The molecule has 16 heavy (non-hydrogen) atoms. The molecule has 1 rings (SSSR count). The average Bonchev–Trinajstić information content (AvgIpc) is 2.36. The number of aliphatic hydroxyl groups is 3. The van der Waals surface area contributed by atoms with Gasteiger partial charge in [-0.2, -0.15) is 0 Å². The van der Waals surface area contributed by atoms with Gasteiger partial charge in [0, 0.05) is 18.0 Å². The summed E-state index contributed by atoms with van der Waals surface area (Å²) in [4.78, 5) is 3.92. The van der Waals surface area contributed by atoms with Crippen LogP contribution in [0.1, 0.15) is 0 Å². The van der Waals surface area contributed by atoms with Crippen molar-refractivity contribution in [2.45, 2.75) is 5.54 Å². The molecule has 0 fully saturated rings. The number of aliphatic hydroxyl groups excluding tert-OH is 3. The van der Waals surface area contributed by atoms with Crippen LogP contribution in [-0.4, -0.2) is 52.8 Å². The van der Waals surface area contributed by atoms with Crippen LogP contribution in [0.5, 0.6) is 5.88 Å². The van der Waals surface area contributed by atoms with Gasteiger partial charge in [-0.15, -0.1) is 0 Å². The Morgan fingerprint density at radius 3 is 2.44 bits per heavy atom. The van der Waals surface area contributed by atoms with Gasteiger partial charge in [-0.1, -0.05) is 0 Å². The molecule has 1 aromatic rings. The van der Waals surface area contributed by atoms with Crippen molar-refractivity contribution >= 4 is 5.69 Å². The van der Waals surface area contributed by atoms with Gasteiger partial charge in [0.25, 0.3) is 0 Å². The fourth-order valence-corrected chi connectivity index (χ4v) is 1.17. The Balaban J connectivity index is 2.84. The number of rotatable bonds is 6. The van der Waals surface area contributed by atoms with Crippen LogP contribution in [0.4, 0.5) is 5.69 Å². The second-order valence-corrected chi connectivity index (χ2v) is 3.47. The molecule has 0 unspecified atom stereocenters. The highest BCUT2D eigenvalue weighted by atomic mass is 16.5. The number of methoxy groups -OCH3 is 1. The van der Waals surface area contributed by atoms with Gasteiger partial charge in [0.05, 0.1) is 26.9 Å². The van der Waals surface area contributed by atoms with E-state index in [-0.39, 0.29) is 19.8 Å². The zero-order valence-electron chi connectivity index (χ0n) is 9.05. The van der Waals surface area contributed by atoms with Crippen LogP contribution in [0, 0.1) is 0 Å². The lowest BCUT2D eigenvalue weighted by atomic mass is 10.0. The first-order chi connectivity index (χ1) is 7.69. The van der Waals surface area contributed by atoms with Crippen LogP contribution < -0.4 is 10.1 Å². The Morgan fingerprint density at radius 2 is 1.94 bits per heavy atom. The maximum Gasteiger partial charge on any atom is 0.214 e. The Bertz CT molecular complexity index is 320. The minimum atomic E-state index is -1.15. The summed E-state index contributed by atoms with van der Waals surface area (Å²) in [7, 11) is 1.49. The second kappa shape index (κ2) is 5.64. The molecule has 0 aliphatic carbocycles. The molecule has 0 aliphatic heterocycles. The van der Waals surface area contributed by atoms with Crippen LogP contribution in [0.25, 0.3) is 0 Å². The van der Waals surface area contributed by atoms with Crippen LogP contribution in [0.15, 0.2) is 18.3 Å². The zero-order chi connectivity index (χ0) is 12.0. The topological polar surface area (TPSA) is 94.8 Å². The number of nitrogens with zero attached hydrogens (tertiary/aromatic N) is 1. The van der Waals surface area contributed by atoms with Gasteiger partial charge in [-0.25, -0.2) is 4.98 Å². The van der Waals surface area contributed by atoms with Gasteiger partial charge in [0.2, 0.25) is 5.88 Å². The Hall–Kier alpha value is -1.37. The SMILES string of the molecule is COc1cc(NC(CO)(CO)CO)ccn1. The minimum Gasteiger partial charge on any atom is -0.481 e. The molecule has 1 heterocycles. The fourth-order valence-electron chi connectivity index (χ4n) is 1.17. The first-order valence-electron chi connectivity index (χ1n) is 4.80. The number of hydrogen-bond acceptors (Lipinski definition) is 6. The number of nitrogens with one attached hydrogen (secondary N) is 1. The number of pyridine rings is 1. The molecular weight excluding hydrogens is 212 g/mol. The highest BCUT2D eigenvalue weighted by Crippen LogP contribution is 2.18. The smallest absolute Gasteiger partial charge is 0.214 e. The van der Waals surface area contributed by atoms with Crippen molar-refractivity contribution in [3.63, 3.8) is 0 Å². The average molecular weight is 228 g/mol. The van der Waals surface area contributed by atoms with Crippen molar-refractivity contribution in [2.24, 2.45) is 0 Å². The third-order valence-electron chi connectivity index (χ3n) is 2.26. The largest absolute Gasteiger partial charge is 0.481 e. The Labute approximate surface area is 93.5 Å². The predicted octanol–water partition coefficient (Wildman–Crippen LogP) is -0.782. The van der Waals surface area contributed by atoms with Crippen molar-refractivity contribution in [1.29, 1.82) is 0 Å². The molecule has 1 aromatic heterocycles. The monoisotopic (exact) mass is 228 g/mol. The predicted molar refractivity (Wildman–Crippen MR) is 58.4 cm³/mol. The van der Waals surface area contributed by atoms with E-state index >= 15 is 0 Å². The third-order valence-corrected chi connectivity index (χ3v) is 2.26. The second-order valence-electron chi connectivity index (χ2n) is 3.47. The van der Waals surface area contributed by atoms with E-state index in [0.29, 0.717) is 11.6 Å². The van der Waals surface area contributed by atoms with Crippen LogP contribution in [-0.2, 0) is 0 Å². The van der Waals surface area contributed by atoms with Gasteiger partial charge in [-0.3, -0.25) is 0 Å². The standard InChI is InChI=1S/C10H16N2O4/c1-16-9-4-8(2-3-11-9)12-10(5-13,6-14)7-15/h2-4,13-15H,5-7H2,1H3,(H,11,12). The van der Waals surface area contributed by atoms with Gasteiger partial charge in [0.1, 0.15) is 5.54 Å². The van der Waals surface area contributed by atoms with Gasteiger partial charge in [-0.05, 0) is 6.07 Å². The normalized spacial score (nSPS) is 11.2. The van der Waals surface area contributed by atoms with E-state index in [9.17, 15) is 0 Å². The van der Waals surface area contributed by atoms with E-state index in [1.165, 1.54) is 13.3 Å². The molecule has 90 valence electrons. The molecule has 0 saturated heterocycles. The lowest BCUT2D eigenvalue weighted by Gasteiger charge is -2.29. The molecule has 0 amide bonds. The lowest BCUT2D eigenvalue weighted by molar-refractivity contribution is 0.0833. The van der Waals surface area contributed by atoms with Gasteiger partial charge in [0.15, 0.2) is 0 Å². The summed E-state index contributed by atoms with van der Waals surface area (Å²) < 4.78 is 4.93. The first-order valence-corrected chi connectivity index (χ1v) is 4.80. The van der Waals surface area contributed by atoms with Crippen LogP contribution >= 0.6 is 0 Å². The van der Waals surface area contributed by atoms with Crippen molar-refractivity contribution in [2.75, 3.05) is 32.2 Å². The van der Waals surface area contributed by atoms with E-state index < -0.39 is 5.54 Å². The van der Waals surface area contributed by atoms with Crippen LogP contribution in [0.2, 0.25) is 0 Å². The molecule has 0 spiro atoms. The molecular formula is C10H16N2O4. The molecule has 6 nitrogen and oxygen atoms in total. The quantitative estimate of drug-likeness (QED) is 0.510. The van der Waals surface area contributed by atoms with Crippen LogP contribution in [0.3, 0.4) is 0 Å². The van der Waals surface area contributed by atoms with Crippen molar-refractivity contribution in [3.05, 3.63) is 18.3 Å². The van der Waals surface area contributed by atoms with Crippen molar-refractivity contribution < 1.29 is 20.1 Å². The maximum atomic E-state index is 9.13. The number of hydrogen-bond donors (Lipinski definition) is 4. The maximum absolute atomic E-state index is 9.13. The number of anilines is 1. The molecule has 0 atom stereocenters. The molecule has 0 radical (unpaired) electrons. The Morgan fingerprint density at radius 1 is 1.31 bits per heavy atom. The number of ether oxygens (including phenoxy) is 1. The van der Waals surface area contributed by atoms with E-state index in [4.69, 9.17) is 20.1 Å². The summed E-state index contributed by atoms with van der Waals surface area (Å²) in [5.41, 5.74) is -0.546. The van der Waals surface area contributed by atoms with Gasteiger partial charge < -0.3 is 25.4 Å². The van der Waals surface area contributed by atoms with E-state index in [0.717, 1.165) is 0 Å². The summed E-state index contributed by atoms with van der Waals surface area (Å²) >= 11 is 0. The van der Waals surface area contributed by atoms with E-state index in [1.54, 1.807) is 12.1 Å². The highest BCUT2D eigenvalue weighted by molar-refractivity contribution is 5.47. The number of aromatic nitrogens is 1. The zero-order valence-corrected chi connectivity index (χ0v) is 9.05. The summed E-state index contributed by atoms with van der Waals surface area (Å²) in [6, 6.07) is 3.26. The fraction of sp³-hybridized carbons (Fsp3) is 0.500. The summed E-state index contributed by atoms with van der Waals surface area (Å²) in [6.45, 7) is -1.15. The first kappa shape index (κ1) is 12.7. The Kier molecular flexibility index (Phi) is 4.48. The molecule has 0 aliphatic rings. The van der Waals surface area contributed by atoms with Crippen molar-refractivity contribution in [1.82, 2.24) is 4.98 Å². The molecule has 6 heteroatoms. The molecule has 0 saturated carbocycles. The van der Waals surface area contributed by atoms with Gasteiger partial charge >= 0.3 is 0 Å². The molecule has 0 aromatic carbocycles. The minimum absolute atomic E-state index is 0.384.